The molecule has 2 aromatic rings. The van der Waals surface area contributed by atoms with Crippen molar-refractivity contribution in [3.63, 3.8) is 0 Å². The Morgan fingerprint density at radius 1 is 1.38 bits per heavy atom. The number of hydrogen-bond acceptors (Lipinski definition) is 3. The summed E-state index contributed by atoms with van der Waals surface area (Å²) in [7, 11) is 0. The number of aromatic nitrogens is 2. The van der Waals surface area contributed by atoms with Gasteiger partial charge in [-0.1, -0.05) is 26.0 Å². The molecule has 0 aliphatic carbocycles. The van der Waals surface area contributed by atoms with Gasteiger partial charge in [0, 0.05) is 25.5 Å². The molecule has 0 aliphatic rings. The van der Waals surface area contributed by atoms with Crippen molar-refractivity contribution in [1.82, 2.24) is 14.9 Å². The minimum Gasteiger partial charge on any atom is -0.478 e. The van der Waals surface area contributed by atoms with Gasteiger partial charge in [-0.3, -0.25) is 0 Å². The van der Waals surface area contributed by atoms with Gasteiger partial charge in [0.05, 0.1) is 12.1 Å². The average Bonchev–Trinajstić information content (AvgIpc) is 2.86. The number of nitrogens with zero attached hydrogens (tertiary/aromatic N) is 2. The van der Waals surface area contributed by atoms with E-state index >= 15 is 0 Å². The Morgan fingerprint density at radius 2 is 2.19 bits per heavy atom. The molecule has 1 aromatic carbocycles. The van der Waals surface area contributed by atoms with Crippen LogP contribution in [-0.2, 0) is 19.6 Å². The smallest absolute Gasteiger partial charge is 0.335 e. The standard InChI is InChI=1S/C16H21N3O2/c1-12(2)11-19-7-6-18-15(19)10-17-9-13-4-3-5-14(8-13)16(20)21/h3-8,12,17H,9-11H2,1-2H3,(H,20,21). The van der Waals surface area contributed by atoms with E-state index in [2.05, 4.69) is 28.7 Å². The predicted molar refractivity (Wildman–Crippen MR) is 81.0 cm³/mol. The third-order valence-corrected chi connectivity index (χ3v) is 3.15. The van der Waals surface area contributed by atoms with E-state index in [4.69, 9.17) is 5.11 Å². The number of hydrogen-bond donors (Lipinski definition) is 2. The number of carbonyl (C=O) groups is 1. The van der Waals surface area contributed by atoms with E-state index < -0.39 is 5.97 Å². The number of rotatable bonds is 7. The van der Waals surface area contributed by atoms with Gasteiger partial charge < -0.3 is 15.0 Å². The third kappa shape index (κ3) is 4.43. The van der Waals surface area contributed by atoms with Gasteiger partial charge in [0.15, 0.2) is 0 Å². The Morgan fingerprint density at radius 3 is 2.90 bits per heavy atom. The summed E-state index contributed by atoms with van der Waals surface area (Å²) in [5, 5.41) is 12.3. The summed E-state index contributed by atoms with van der Waals surface area (Å²) < 4.78 is 2.14. The highest BCUT2D eigenvalue weighted by atomic mass is 16.4. The molecule has 0 fully saturated rings. The number of imidazole rings is 1. The van der Waals surface area contributed by atoms with Crippen LogP contribution in [0.25, 0.3) is 0 Å². The molecule has 1 heterocycles. The lowest BCUT2D eigenvalue weighted by molar-refractivity contribution is 0.0696. The lowest BCUT2D eigenvalue weighted by Crippen LogP contribution is -2.18. The first kappa shape index (κ1) is 15.3. The summed E-state index contributed by atoms with van der Waals surface area (Å²) in [6, 6.07) is 6.97. The van der Waals surface area contributed by atoms with E-state index in [1.165, 1.54) is 0 Å². The monoisotopic (exact) mass is 287 g/mol. The SMILES string of the molecule is CC(C)Cn1ccnc1CNCc1cccc(C(=O)O)c1. The van der Waals surface area contributed by atoms with Gasteiger partial charge in [-0.2, -0.15) is 0 Å². The predicted octanol–water partition coefficient (Wildman–Crippen LogP) is 2.53. The summed E-state index contributed by atoms with van der Waals surface area (Å²) in [4.78, 5) is 15.3. The van der Waals surface area contributed by atoms with Crippen LogP contribution in [0.3, 0.4) is 0 Å². The first-order valence-electron chi connectivity index (χ1n) is 7.09. The quantitative estimate of drug-likeness (QED) is 0.821. The zero-order valence-corrected chi connectivity index (χ0v) is 12.4. The van der Waals surface area contributed by atoms with Crippen molar-refractivity contribution in [2.75, 3.05) is 0 Å². The molecule has 112 valence electrons. The van der Waals surface area contributed by atoms with Crippen molar-refractivity contribution in [1.29, 1.82) is 0 Å². The number of carboxylic acid groups (broad SMARTS) is 1. The van der Waals surface area contributed by atoms with Gasteiger partial charge in [0.2, 0.25) is 0 Å². The summed E-state index contributed by atoms with van der Waals surface area (Å²) in [6.45, 7) is 6.58. The lowest BCUT2D eigenvalue weighted by Gasteiger charge is -2.11. The molecule has 5 heteroatoms. The molecular formula is C16H21N3O2. The zero-order valence-electron chi connectivity index (χ0n) is 12.4. The minimum absolute atomic E-state index is 0.315. The highest BCUT2D eigenvalue weighted by Gasteiger charge is 2.05. The number of carboxylic acids is 1. The topological polar surface area (TPSA) is 67.2 Å². The van der Waals surface area contributed by atoms with Crippen molar-refractivity contribution in [2.45, 2.75) is 33.5 Å². The zero-order chi connectivity index (χ0) is 15.2. The number of aromatic carboxylic acids is 1. The molecule has 0 amide bonds. The van der Waals surface area contributed by atoms with E-state index in [9.17, 15) is 4.79 Å². The molecule has 1 aromatic heterocycles. The van der Waals surface area contributed by atoms with Gasteiger partial charge in [0.1, 0.15) is 5.82 Å². The maximum atomic E-state index is 10.9. The van der Waals surface area contributed by atoms with E-state index in [-0.39, 0.29) is 0 Å². The van der Waals surface area contributed by atoms with E-state index in [1.54, 1.807) is 18.2 Å². The van der Waals surface area contributed by atoms with E-state index in [1.807, 2.05) is 18.5 Å². The summed E-state index contributed by atoms with van der Waals surface area (Å²) in [5.74, 6) is 0.674. The molecule has 0 radical (unpaired) electrons. The molecule has 0 atom stereocenters. The second-order valence-corrected chi connectivity index (χ2v) is 5.50. The van der Waals surface area contributed by atoms with Gasteiger partial charge in [-0.15, -0.1) is 0 Å². The van der Waals surface area contributed by atoms with E-state index in [0.717, 1.165) is 17.9 Å². The highest BCUT2D eigenvalue weighted by molar-refractivity contribution is 5.87. The van der Waals surface area contributed by atoms with Crippen molar-refractivity contribution >= 4 is 5.97 Å². The number of nitrogens with one attached hydrogen (secondary N) is 1. The molecule has 0 bridgehead atoms. The highest BCUT2D eigenvalue weighted by Crippen LogP contribution is 2.07. The molecule has 2 N–H and O–H groups in total. The third-order valence-electron chi connectivity index (χ3n) is 3.15. The van der Waals surface area contributed by atoms with Crippen molar-refractivity contribution in [3.8, 4) is 0 Å². The average molecular weight is 287 g/mol. The first-order valence-corrected chi connectivity index (χ1v) is 7.09. The Bertz CT molecular complexity index is 605. The van der Waals surface area contributed by atoms with Gasteiger partial charge in [-0.05, 0) is 23.6 Å². The van der Waals surface area contributed by atoms with Crippen LogP contribution in [0.1, 0.15) is 35.6 Å². The normalized spacial score (nSPS) is 11.0. The van der Waals surface area contributed by atoms with Gasteiger partial charge >= 0.3 is 5.97 Å². The van der Waals surface area contributed by atoms with Crippen LogP contribution in [0.2, 0.25) is 0 Å². The van der Waals surface area contributed by atoms with E-state index in [0.29, 0.717) is 24.6 Å². The molecule has 21 heavy (non-hydrogen) atoms. The van der Waals surface area contributed by atoms with Crippen molar-refractivity contribution < 1.29 is 9.90 Å². The molecule has 0 aliphatic heterocycles. The maximum absolute atomic E-state index is 10.9. The molecule has 0 saturated heterocycles. The minimum atomic E-state index is -0.899. The number of benzene rings is 1. The van der Waals surface area contributed by atoms with Gasteiger partial charge in [-0.25, -0.2) is 9.78 Å². The molecule has 5 nitrogen and oxygen atoms in total. The fraction of sp³-hybridized carbons (Fsp3) is 0.375. The second-order valence-electron chi connectivity index (χ2n) is 5.50. The molecular weight excluding hydrogens is 266 g/mol. The largest absolute Gasteiger partial charge is 0.478 e. The first-order chi connectivity index (χ1) is 10.1. The van der Waals surface area contributed by atoms with Crippen LogP contribution in [0.4, 0.5) is 0 Å². The fourth-order valence-corrected chi connectivity index (χ4v) is 2.20. The van der Waals surface area contributed by atoms with Crippen LogP contribution < -0.4 is 5.32 Å². The Balaban J connectivity index is 1.91. The van der Waals surface area contributed by atoms with Crippen LogP contribution >= 0.6 is 0 Å². The Labute approximate surface area is 124 Å². The Hall–Kier alpha value is -2.14. The second kappa shape index (κ2) is 7.04. The summed E-state index contributed by atoms with van der Waals surface area (Å²) in [6.07, 6.45) is 3.80. The molecule has 0 unspecified atom stereocenters. The summed E-state index contributed by atoms with van der Waals surface area (Å²) >= 11 is 0. The van der Waals surface area contributed by atoms with Crippen LogP contribution in [0.15, 0.2) is 36.7 Å². The van der Waals surface area contributed by atoms with Gasteiger partial charge in [0.25, 0.3) is 0 Å². The van der Waals surface area contributed by atoms with Crippen molar-refractivity contribution in [3.05, 3.63) is 53.6 Å². The molecule has 2 rings (SSSR count). The Kier molecular flexibility index (Phi) is 5.11. The molecule has 0 saturated carbocycles. The van der Waals surface area contributed by atoms with Crippen LogP contribution in [0, 0.1) is 5.92 Å². The fourth-order valence-electron chi connectivity index (χ4n) is 2.20. The van der Waals surface area contributed by atoms with Crippen LogP contribution in [0.5, 0.6) is 0 Å². The molecule has 0 spiro atoms. The lowest BCUT2D eigenvalue weighted by atomic mass is 10.1. The summed E-state index contributed by atoms with van der Waals surface area (Å²) in [5.41, 5.74) is 1.27. The van der Waals surface area contributed by atoms with Crippen LogP contribution in [-0.4, -0.2) is 20.6 Å². The van der Waals surface area contributed by atoms with Crippen molar-refractivity contribution in [2.24, 2.45) is 5.92 Å². The maximum Gasteiger partial charge on any atom is 0.335 e.